The van der Waals surface area contributed by atoms with E-state index in [1.807, 2.05) is 31.2 Å². The predicted octanol–water partition coefficient (Wildman–Crippen LogP) is 3.41. The Kier molecular flexibility index (Phi) is 3.57. The minimum absolute atomic E-state index is 0.0175. The summed E-state index contributed by atoms with van der Waals surface area (Å²) in [6.45, 7) is 1.83. The number of ketones is 1. The fraction of sp³-hybridized carbons (Fsp3) is 0.200. The van der Waals surface area contributed by atoms with Crippen LogP contribution >= 0.6 is 0 Å². The molecule has 2 aromatic heterocycles. The summed E-state index contributed by atoms with van der Waals surface area (Å²) in [5, 5.41) is 0.884. The lowest BCUT2D eigenvalue weighted by atomic mass is 10.0. The number of fused-ring (bicyclic) bond motifs is 2. The Bertz CT molecular complexity index is 1030. The molecule has 3 aromatic rings. The number of benzene rings is 1. The standard InChI is InChI=1S/C20H17N3O2/c1-3-18(24)16-7-6-14-10-21-11-15(20(14)22-16)12-4-5-13-9-19(25)23(2)17(13)8-12/h4-8,10-11H,3,9H2,1-2H3. The molecule has 0 fully saturated rings. The monoisotopic (exact) mass is 331 g/mol. The number of Topliss-reactive ketones (excluding diaryl/α,β-unsaturated/α-hetero) is 1. The van der Waals surface area contributed by atoms with Crippen molar-refractivity contribution in [3.8, 4) is 11.1 Å². The Labute approximate surface area is 145 Å². The van der Waals surface area contributed by atoms with Gasteiger partial charge in [-0.15, -0.1) is 0 Å². The van der Waals surface area contributed by atoms with Gasteiger partial charge in [0.1, 0.15) is 5.69 Å². The van der Waals surface area contributed by atoms with Crippen molar-refractivity contribution >= 4 is 28.3 Å². The second kappa shape index (κ2) is 5.77. The molecule has 1 aromatic carbocycles. The highest BCUT2D eigenvalue weighted by Gasteiger charge is 2.24. The molecule has 1 aliphatic heterocycles. The maximum Gasteiger partial charge on any atom is 0.231 e. The van der Waals surface area contributed by atoms with Crippen LogP contribution in [0.15, 0.2) is 42.7 Å². The van der Waals surface area contributed by atoms with Crippen LogP contribution in [-0.2, 0) is 11.2 Å². The second-order valence-corrected chi connectivity index (χ2v) is 6.21. The van der Waals surface area contributed by atoms with Gasteiger partial charge in [-0.1, -0.05) is 19.1 Å². The number of pyridine rings is 2. The smallest absolute Gasteiger partial charge is 0.231 e. The van der Waals surface area contributed by atoms with Crippen molar-refractivity contribution in [3.63, 3.8) is 0 Å². The van der Waals surface area contributed by atoms with Crippen LogP contribution in [0.25, 0.3) is 22.0 Å². The molecule has 25 heavy (non-hydrogen) atoms. The topological polar surface area (TPSA) is 63.2 Å². The Hall–Kier alpha value is -3.08. The van der Waals surface area contributed by atoms with Crippen molar-refractivity contribution in [1.82, 2.24) is 9.97 Å². The zero-order valence-corrected chi connectivity index (χ0v) is 14.1. The van der Waals surface area contributed by atoms with Gasteiger partial charge in [0.15, 0.2) is 5.78 Å². The first kappa shape index (κ1) is 15.4. The number of hydrogen-bond acceptors (Lipinski definition) is 4. The van der Waals surface area contributed by atoms with Gasteiger partial charge in [0.05, 0.1) is 11.9 Å². The van der Waals surface area contributed by atoms with Gasteiger partial charge >= 0.3 is 0 Å². The fourth-order valence-corrected chi connectivity index (χ4v) is 3.20. The minimum atomic E-state index is 0.0175. The molecule has 124 valence electrons. The molecule has 0 spiro atoms. The van der Waals surface area contributed by atoms with Crippen LogP contribution < -0.4 is 4.90 Å². The van der Waals surface area contributed by atoms with E-state index in [0.29, 0.717) is 18.5 Å². The van der Waals surface area contributed by atoms with Crippen LogP contribution in [-0.4, -0.2) is 28.7 Å². The molecule has 1 amide bonds. The van der Waals surface area contributed by atoms with E-state index < -0.39 is 0 Å². The van der Waals surface area contributed by atoms with Crippen molar-refractivity contribution in [2.45, 2.75) is 19.8 Å². The molecule has 0 radical (unpaired) electrons. The van der Waals surface area contributed by atoms with E-state index in [1.165, 1.54) is 0 Å². The summed E-state index contributed by atoms with van der Waals surface area (Å²) in [6, 6.07) is 9.58. The molecule has 0 aliphatic carbocycles. The first-order valence-corrected chi connectivity index (χ1v) is 8.26. The molecular weight excluding hydrogens is 314 g/mol. The van der Waals surface area contributed by atoms with E-state index in [4.69, 9.17) is 0 Å². The van der Waals surface area contributed by atoms with Crippen LogP contribution in [0.3, 0.4) is 0 Å². The lowest BCUT2D eigenvalue weighted by Crippen LogP contribution is -2.20. The van der Waals surface area contributed by atoms with Gasteiger partial charge in [-0.3, -0.25) is 14.6 Å². The summed E-state index contributed by atoms with van der Waals surface area (Å²) in [5.41, 5.74) is 4.96. The van der Waals surface area contributed by atoms with E-state index in [2.05, 4.69) is 9.97 Å². The maximum atomic E-state index is 12.0. The number of carbonyl (C=O) groups is 2. The quantitative estimate of drug-likeness (QED) is 0.690. The highest BCUT2D eigenvalue weighted by molar-refractivity contribution is 6.03. The van der Waals surface area contributed by atoms with Crippen LogP contribution in [0.5, 0.6) is 0 Å². The summed E-state index contributed by atoms with van der Waals surface area (Å²) < 4.78 is 0. The Morgan fingerprint density at radius 1 is 1.20 bits per heavy atom. The summed E-state index contributed by atoms with van der Waals surface area (Å²) in [4.78, 5) is 34.5. The first-order valence-electron chi connectivity index (χ1n) is 8.26. The number of nitrogens with zero attached hydrogens (tertiary/aromatic N) is 3. The largest absolute Gasteiger partial charge is 0.315 e. The van der Waals surface area contributed by atoms with E-state index in [9.17, 15) is 9.59 Å². The fourth-order valence-electron chi connectivity index (χ4n) is 3.20. The zero-order chi connectivity index (χ0) is 17.6. The minimum Gasteiger partial charge on any atom is -0.315 e. The molecule has 0 saturated carbocycles. The molecule has 0 atom stereocenters. The van der Waals surface area contributed by atoms with Gasteiger partial charge < -0.3 is 4.90 Å². The Balaban J connectivity index is 1.90. The summed E-state index contributed by atoms with van der Waals surface area (Å²) in [5.74, 6) is 0.112. The number of rotatable bonds is 3. The number of likely N-dealkylation sites (N-methyl/N-ethyl adjacent to an activating group) is 1. The van der Waals surface area contributed by atoms with Crippen LogP contribution in [0.2, 0.25) is 0 Å². The zero-order valence-electron chi connectivity index (χ0n) is 14.1. The predicted molar refractivity (Wildman–Crippen MR) is 96.7 cm³/mol. The molecule has 1 aliphatic rings. The molecule has 5 nitrogen and oxygen atoms in total. The van der Waals surface area contributed by atoms with Crippen molar-refractivity contribution in [2.24, 2.45) is 0 Å². The molecule has 3 heterocycles. The average Bonchev–Trinajstić information content (AvgIpc) is 2.93. The summed E-state index contributed by atoms with van der Waals surface area (Å²) in [6.07, 6.45) is 4.36. The Morgan fingerprint density at radius 3 is 2.84 bits per heavy atom. The number of anilines is 1. The van der Waals surface area contributed by atoms with Gasteiger partial charge in [-0.05, 0) is 29.3 Å². The van der Waals surface area contributed by atoms with Gasteiger partial charge in [0, 0.05) is 42.5 Å². The van der Waals surface area contributed by atoms with Crippen LogP contribution in [0.1, 0.15) is 29.4 Å². The van der Waals surface area contributed by atoms with E-state index >= 15 is 0 Å². The second-order valence-electron chi connectivity index (χ2n) is 6.21. The average molecular weight is 331 g/mol. The molecule has 5 heteroatoms. The molecule has 0 unspecified atom stereocenters. The van der Waals surface area contributed by atoms with Crippen molar-refractivity contribution in [1.29, 1.82) is 0 Å². The molecule has 4 rings (SSSR count). The lowest BCUT2D eigenvalue weighted by Gasteiger charge is -2.12. The highest BCUT2D eigenvalue weighted by Crippen LogP contribution is 2.34. The third-order valence-electron chi connectivity index (χ3n) is 4.68. The molecular formula is C20H17N3O2. The molecule has 0 saturated heterocycles. The van der Waals surface area contributed by atoms with E-state index in [-0.39, 0.29) is 11.7 Å². The van der Waals surface area contributed by atoms with Gasteiger partial charge in [0.2, 0.25) is 5.91 Å². The first-order chi connectivity index (χ1) is 12.1. The van der Waals surface area contributed by atoms with Gasteiger partial charge in [-0.2, -0.15) is 0 Å². The van der Waals surface area contributed by atoms with Crippen molar-refractivity contribution in [2.75, 3.05) is 11.9 Å². The van der Waals surface area contributed by atoms with E-state index in [1.54, 1.807) is 30.4 Å². The lowest BCUT2D eigenvalue weighted by molar-refractivity contribution is -0.117. The van der Waals surface area contributed by atoms with Gasteiger partial charge in [-0.25, -0.2) is 4.98 Å². The molecule has 0 bridgehead atoms. The van der Waals surface area contributed by atoms with Crippen molar-refractivity contribution in [3.05, 3.63) is 54.0 Å². The van der Waals surface area contributed by atoms with Gasteiger partial charge in [0.25, 0.3) is 0 Å². The SMILES string of the molecule is CCC(=O)c1ccc2cncc(-c3ccc4c(c3)N(C)C(=O)C4)c2n1. The molecule has 0 N–H and O–H groups in total. The van der Waals surface area contributed by atoms with Crippen LogP contribution in [0, 0.1) is 0 Å². The number of carbonyl (C=O) groups excluding carboxylic acids is 2. The third kappa shape index (κ3) is 2.48. The van der Waals surface area contributed by atoms with E-state index in [0.717, 1.165) is 33.3 Å². The third-order valence-corrected chi connectivity index (χ3v) is 4.68. The highest BCUT2D eigenvalue weighted by atomic mass is 16.2. The number of amides is 1. The summed E-state index contributed by atoms with van der Waals surface area (Å²) in [7, 11) is 1.79. The maximum absolute atomic E-state index is 12.0. The van der Waals surface area contributed by atoms with Crippen LogP contribution in [0.4, 0.5) is 5.69 Å². The normalized spacial score (nSPS) is 13.4. The van der Waals surface area contributed by atoms with Crippen molar-refractivity contribution < 1.29 is 9.59 Å². The number of hydrogen-bond donors (Lipinski definition) is 0. The summed E-state index contributed by atoms with van der Waals surface area (Å²) >= 11 is 0. The number of aromatic nitrogens is 2. The Morgan fingerprint density at radius 2 is 2.04 bits per heavy atom.